The summed E-state index contributed by atoms with van der Waals surface area (Å²) in [6, 6.07) is 6.01. The van der Waals surface area contributed by atoms with Gasteiger partial charge >= 0.3 is 6.03 Å². The van der Waals surface area contributed by atoms with E-state index in [1.807, 2.05) is 12.1 Å². The summed E-state index contributed by atoms with van der Waals surface area (Å²) in [7, 11) is 0. The van der Waals surface area contributed by atoms with Gasteiger partial charge < -0.3 is 15.4 Å². The molecule has 2 saturated carbocycles. The van der Waals surface area contributed by atoms with Gasteiger partial charge in [-0.3, -0.25) is 0 Å². The van der Waals surface area contributed by atoms with E-state index in [0.717, 1.165) is 44.1 Å². The third-order valence-electron chi connectivity index (χ3n) is 5.67. The Morgan fingerprint density at radius 2 is 1.93 bits per heavy atom. The van der Waals surface area contributed by atoms with E-state index in [0.29, 0.717) is 24.9 Å². The number of pyridine rings is 1. The molecule has 27 heavy (non-hydrogen) atoms. The lowest BCUT2D eigenvalue weighted by molar-refractivity contribution is 0.148. The summed E-state index contributed by atoms with van der Waals surface area (Å²) >= 11 is 0. The number of hydrogen-bond acceptors (Lipinski definition) is 4. The van der Waals surface area contributed by atoms with Gasteiger partial charge in [0, 0.05) is 31.3 Å². The Kier molecular flexibility index (Phi) is 7.32. The Bertz CT molecular complexity index is 644. The maximum atomic E-state index is 12.1. The lowest BCUT2D eigenvalue weighted by Gasteiger charge is -2.24. The molecular weight excluding hydrogens is 340 g/mol. The Morgan fingerprint density at radius 3 is 2.67 bits per heavy atom. The summed E-state index contributed by atoms with van der Waals surface area (Å²) in [5, 5.41) is 14.8. The number of nitrogens with one attached hydrogen (secondary N) is 2. The van der Waals surface area contributed by atoms with Crippen LogP contribution in [0.4, 0.5) is 4.79 Å². The maximum absolute atomic E-state index is 12.1. The monoisotopic (exact) mass is 370 g/mol. The number of amides is 2. The summed E-state index contributed by atoms with van der Waals surface area (Å²) in [6.07, 6.45) is 11.9. The topological polar surface area (TPSA) is 87.0 Å². The van der Waals surface area contributed by atoms with Crippen molar-refractivity contribution >= 4 is 6.03 Å². The minimum Gasteiger partial charge on any atom is -0.474 e. The fourth-order valence-electron chi connectivity index (χ4n) is 3.96. The first kappa shape index (κ1) is 19.5. The number of rotatable bonds is 6. The van der Waals surface area contributed by atoms with Gasteiger partial charge in [-0.25, -0.2) is 9.78 Å². The minimum atomic E-state index is -0.149. The molecule has 0 radical (unpaired) electrons. The summed E-state index contributed by atoms with van der Waals surface area (Å²) in [6.45, 7) is 1.13. The largest absolute Gasteiger partial charge is 0.474 e. The molecule has 2 fully saturated rings. The highest BCUT2D eigenvalue weighted by molar-refractivity contribution is 5.73. The van der Waals surface area contributed by atoms with Crippen LogP contribution in [0.3, 0.4) is 0 Å². The first-order valence-electron chi connectivity index (χ1n) is 10.3. The van der Waals surface area contributed by atoms with Crippen molar-refractivity contribution < 1.29 is 9.53 Å². The number of ether oxygens (including phenoxy) is 1. The van der Waals surface area contributed by atoms with Crippen LogP contribution in [0.15, 0.2) is 18.3 Å². The Hall–Kier alpha value is -2.29. The van der Waals surface area contributed by atoms with Crippen molar-refractivity contribution in [1.82, 2.24) is 15.6 Å². The predicted molar refractivity (Wildman–Crippen MR) is 103 cm³/mol. The molecule has 2 aliphatic rings. The van der Waals surface area contributed by atoms with Crippen LogP contribution in [-0.4, -0.2) is 23.7 Å². The molecule has 0 aliphatic heterocycles. The van der Waals surface area contributed by atoms with E-state index in [2.05, 4.69) is 21.7 Å². The third kappa shape index (κ3) is 6.42. The Morgan fingerprint density at radius 1 is 1.15 bits per heavy atom. The van der Waals surface area contributed by atoms with Crippen LogP contribution in [-0.2, 0) is 6.54 Å². The zero-order valence-electron chi connectivity index (χ0n) is 16.0. The first-order valence-corrected chi connectivity index (χ1v) is 10.3. The second kappa shape index (κ2) is 10.1. The van der Waals surface area contributed by atoms with Gasteiger partial charge in [0.25, 0.3) is 0 Å². The van der Waals surface area contributed by atoms with Crippen molar-refractivity contribution in [1.29, 1.82) is 5.26 Å². The van der Waals surface area contributed by atoms with Crippen molar-refractivity contribution in [2.75, 3.05) is 6.54 Å². The second-order valence-corrected chi connectivity index (χ2v) is 7.79. The van der Waals surface area contributed by atoms with Crippen molar-refractivity contribution in [2.24, 2.45) is 11.8 Å². The molecule has 1 aromatic rings. The summed E-state index contributed by atoms with van der Waals surface area (Å²) in [5.41, 5.74) is 0.987. The number of aromatic nitrogens is 1. The molecule has 0 spiro atoms. The summed E-state index contributed by atoms with van der Waals surface area (Å²) < 4.78 is 5.99. The van der Waals surface area contributed by atoms with E-state index in [1.54, 1.807) is 6.20 Å². The maximum Gasteiger partial charge on any atom is 0.315 e. The molecule has 1 aromatic heterocycles. The SMILES string of the molecule is N#CC1CCC(CNC(=O)NCc2ccnc(OC3CCCCC3)c2)CC1. The molecule has 0 unspecified atom stereocenters. The fourth-order valence-corrected chi connectivity index (χ4v) is 3.96. The fraction of sp³-hybridized carbons (Fsp3) is 0.667. The summed E-state index contributed by atoms with van der Waals surface area (Å²) in [4.78, 5) is 16.4. The van der Waals surface area contributed by atoms with E-state index >= 15 is 0 Å². The van der Waals surface area contributed by atoms with Crippen LogP contribution in [0.1, 0.15) is 63.4 Å². The van der Waals surface area contributed by atoms with Crippen molar-refractivity contribution in [3.8, 4) is 11.9 Å². The molecule has 0 aromatic carbocycles. The molecule has 2 aliphatic carbocycles. The number of urea groups is 1. The highest BCUT2D eigenvalue weighted by Crippen LogP contribution is 2.27. The Labute approximate surface area is 161 Å². The predicted octanol–water partition coefficient (Wildman–Crippen LogP) is 3.92. The smallest absolute Gasteiger partial charge is 0.315 e. The van der Waals surface area contributed by atoms with Gasteiger partial charge in [0.05, 0.1) is 6.07 Å². The van der Waals surface area contributed by atoms with E-state index in [9.17, 15) is 4.79 Å². The molecule has 1 heterocycles. The van der Waals surface area contributed by atoms with Crippen molar-refractivity contribution in [2.45, 2.75) is 70.4 Å². The average Bonchev–Trinajstić information content (AvgIpc) is 2.72. The van der Waals surface area contributed by atoms with Crippen molar-refractivity contribution in [3.63, 3.8) is 0 Å². The number of carbonyl (C=O) groups excluding carboxylic acids is 1. The molecular formula is C21H30N4O2. The van der Waals surface area contributed by atoms with Crippen LogP contribution in [0.2, 0.25) is 0 Å². The third-order valence-corrected chi connectivity index (χ3v) is 5.67. The lowest BCUT2D eigenvalue weighted by Crippen LogP contribution is -2.38. The van der Waals surface area contributed by atoms with Gasteiger partial charge in [-0.15, -0.1) is 0 Å². The highest BCUT2D eigenvalue weighted by atomic mass is 16.5. The lowest BCUT2D eigenvalue weighted by atomic mass is 9.83. The zero-order chi connectivity index (χ0) is 18.9. The standard InChI is InChI=1S/C21H30N4O2/c22-13-16-6-8-17(9-7-16)14-24-21(26)25-15-18-10-11-23-20(12-18)27-19-4-2-1-3-5-19/h10-12,16-17,19H,1-9,14-15H2,(H2,24,25,26). The number of hydrogen-bond donors (Lipinski definition) is 2. The quantitative estimate of drug-likeness (QED) is 0.794. The Balaban J connectivity index is 1.37. The number of nitrogens with zero attached hydrogens (tertiary/aromatic N) is 2. The summed E-state index contributed by atoms with van der Waals surface area (Å²) in [5.74, 6) is 1.33. The van der Waals surface area contributed by atoms with Gasteiger partial charge in [-0.1, -0.05) is 6.42 Å². The molecule has 0 saturated heterocycles. The van der Waals surface area contributed by atoms with Crippen LogP contribution >= 0.6 is 0 Å². The molecule has 6 heteroatoms. The van der Waals surface area contributed by atoms with E-state index in [4.69, 9.17) is 10.00 Å². The van der Waals surface area contributed by atoms with Crippen LogP contribution in [0.25, 0.3) is 0 Å². The van der Waals surface area contributed by atoms with Crippen LogP contribution in [0, 0.1) is 23.2 Å². The van der Waals surface area contributed by atoms with E-state index < -0.39 is 0 Å². The van der Waals surface area contributed by atoms with E-state index in [-0.39, 0.29) is 18.1 Å². The van der Waals surface area contributed by atoms with Gasteiger partial charge in [0.2, 0.25) is 5.88 Å². The van der Waals surface area contributed by atoms with Gasteiger partial charge in [0.15, 0.2) is 0 Å². The molecule has 0 bridgehead atoms. The second-order valence-electron chi connectivity index (χ2n) is 7.79. The highest BCUT2D eigenvalue weighted by Gasteiger charge is 2.21. The zero-order valence-corrected chi connectivity index (χ0v) is 16.0. The molecule has 2 amide bonds. The normalized spacial score (nSPS) is 23.2. The van der Waals surface area contributed by atoms with Gasteiger partial charge in [-0.05, 0) is 68.9 Å². The van der Waals surface area contributed by atoms with Crippen molar-refractivity contribution in [3.05, 3.63) is 23.9 Å². The van der Waals surface area contributed by atoms with Gasteiger partial charge in [-0.2, -0.15) is 5.26 Å². The molecule has 6 nitrogen and oxygen atoms in total. The van der Waals surface area contributed by atoms with E-state index in [1.165, 1.54) is 19.3 Å². The number of nitriles is 1. The van der Waals surface area contributed by atoms with Crippen LogP contribution in [0.5, 0.6) is 5.88 Å². The molecule has 3 rings (SSSR count). The molecule has 0 atom stereocenters. The molecule has 2 N–H and O–H groups in total. The van der Waals surface area contributed by atoms with Crippen LogP contribution < -0.4 is 15.4 Å². The number of carbonyl (C=O) groups is 1. The minimum absolute atomic E-state index is 0.149. The average molecular weight is 370 g/mol. The molecule has 146 valence electrons. The van der Waals surface area contributed by atoms with Gasteiger partial charge in [0.1, 0.15) is 6.10 Å². The first-order chi connectivity index (χ1) is 13.2.